The number of aliphatic hydroxyl groups excluding tert-OH is 1. The number of aliphatic hydroxyl groups is 1. The predicted molar refractivity (Wildman–Crippen MR) is 75.2 cm³/mol. The summed E-state index contributed by atoms with van der Waals surface area (Å²) in [7, 11) is 0. The van der Waals surface area contributed by atoms with Crippen molar-refractivity contribution in [2.24, 2.45) is 0 Å². The summed E-state index contributed by atoms with van der Waals surface area (Å²) < 4.78 is 19.1. The zero-order chi connectivity index (χ0) is 15.6. The van der Waals surface area contributed by atoms with Crippen molar-refractivity contribution < 1.29 is 19.2 Å². The highest BCUT2D eigenvalue weighted by atomic mass is 35.5. The predicted octanol–water partition coefficient (Wildman–Crippen LogP) is 4.23. The first-order valence-electron chi connectivity index (χ1n) is 5.98. The Bertz CT molecular complexity index is 691. The zero-order valence-electron chi connectivity index (χ0n) is 10.9. The molecular formula is C14H11ClFNO4. The lowest BCUT2D eigenvalue weighted by Gasteiger charge is -2.10. The molecule has 7 heteroatoms. The quantitative estimate of drug-likeness (QED) is 0.677. The molecule has 0 radical (unpaired) electrons. The maximum Gasteiger partial charge on any atom is 0.271 e. The fraction of sp³-hybridized carbons (Fsp3) is 0.143. The van der Waals surface area contributed by atoms with E-state index in [-0.39, 0.29) is 22.2 Å². The van der Waals surface area contributed by atoms with E-state index in [4.69, 9.17) is 16.3 Å². The van der Waals surface area contributed by atoms with Crippen LogP contribution in [0.15, 0.2) is 36.4 Å². The third-order valence-electron chi connectivity index (χ3n) is 2.78. The number of benzene rings is 2. The van der Waals surface area contributed by atoms with Crippen LogP contribution in [0.25, 0.3) is 0 Å². The Morgan fingerprint density at radius 2 is 1.95 bits per heavy atom. The highest BCUT2D eigenvalue weighted by Gasteiger charge is 2.13. The fourth-order valence-corrected chi connectivity index (χ4v) is 1.88. The van der Waals surface area contributed by atoms with Crippen molar-refractivity contribution in [2.75, 3.05) is 0 Å². The Morgan fingerprint density at radius 1 is 1.29 bits per heavy atom. The molecule has 1 atom stereocenters. The van der Waals surface area contributed by atoms with E-state index >= 15 is 0 Å². The van der Waals surface area contributed by atoms with Gasteiger partial charge in [0.05, 0.1) is 16.0 Å². The molecule has 0 fully saturated rings. The molecule has 2 rings (SSSR count). The van der Waals surface area contributed by atoms with Gasteiger partial charge >= 0.3 is 0 Å². The van der Waals surface area contributed by atoms with Gasteiger partial charge in [0.15, 0.2) is 11.6 Å². The van der Waals surface area contributed by atoms with Crippen LogP contribution in [-0.2, 0) is 0 Å². The van der Waals surface area contributed by atoms with E-state index in [1.165, 1.54) is 31.2 Å². The molecule has 1 unspecified atom stereocenters. The van der Waals surface area contributed by atoms with Crippen molar-refractivity contribution in [1.82, 2.24) is 0 Å². The van der Waals surface area contributed by atoms with Gasteiger partial charge in [-0.1, -0.05) is 17.7 Å². The molecule has 0 aliphatic heterocycles. The molecule has 2 aromatic carbocycles. The molecule has 0 saturated heterocycles. The molecule has 0 spiro atoms. The van der Waals surface area contributed by atoms with Crippen LogP contribution in [0, 0.1) is 15.9 Å². The Hall–Kier alpha value is -2.18. The van der Waals surface area contributed by atoms with Crippen LogP contribution in [0.5, 0.6) is 11.5 Å². The van der Waals surface area contributed by atoms with Crippen LogP contribution < -0.4 is 4.74 Å². The summed E-state index contributed by atoms with van der Waals surface area (Å²) >= 11 is 5.87. The summed E-state index contributed by atoms with van der Waals surface area (Å²) in [4.78, 5) is 10.0. The van der Waals surface area contributed by atoms with Crippen LogP contribution >= 0.6 is 11.6 Å². The summed E-state index contributed by atoms with van der Waals surface area (Å²) in [6, 6.07) is 7.65. The van der Waals surface area contributed by atoms with Crippen molar-refractivity contribution in [3.05, 3.63) is 62.9 Å². The first-order chi connectivity index (χ1) is 9.88. The monoisotopic (exact) mass is 311 g/mol. The summed E-state index contributed by atoms with van der Waals surface area (Å²) in [5, 5.41) is 20.0. The van der Waals surface area contributed by atoms with Gasteiger partial charge in [0.2, 0.25) is 0 Å². The highest BCUT2D eigenvalue weighted by molar-refractivity contribution is 6.32. The normalized spacial score (nSPS) is 12.0. The smallest absolute Gasteiger partial charge is 0.271 e. The van der Waals surface area contributed by atoms with Crippen molar-refractivity contribution in [3.8, 4) is 11.5 Å². The molecule has 0 amide bonds. The first kappa shape index (κ1) is 15.2. The molecule has 0 aliphatic rings. The fourth-order valence-electron chi connectivity index (χ4n) is 1.66. The van der Waals surface area contributed by atoms with Gasteiger partial charge in [0.1, 0.15) is 5.75 Å². The van der Waals surface area contributed by atoms with Crippen molar-refractivity contribution in [1.29, 1.82) is 0 Å². The van der Waals surface area contributed by atoms with E-state index in [0.29, 0.717) is 5.56 Å². The van der Waals surface area contributed by atoms with Crippen molar-refractivity contribution in [2.45, 2.75) is 13.0 Å². The van der Waals surface area contributed by atoms with Gasteiger partial charge in [-0.2, -0.15) is 0 Å². The van der Waals surface area contributed by atoms with Crippen LogP contribution in [-0.4, -0.2) is 10.0 Å². The SMILES string of the molecule is CC(O)c1ccc(Oc2ccc([N+](=O)[O-])cc2Cl)c(F)c1. The average molecular weight is 312 g/mol. The van der Waals surface area contributed by atoms with E-state index in [9.17, 15) is 19.6 Å². The summed E-state index contributed by atoms with van der Waals surface area (Å²) in [5.74, 6) is -0.649. The number of halogens is 2. The minimum atomic E-state index is -0.795. The number of hydrogen-bond acceptors (Lipinski definition) is 4. The number of nitrogens with zero attached hydrogens (tertiary/aromatic N) is 1. The number of rotatable bonds is 4. The Morgan fingerprint density at radius 3 is 2.48 bits per heavy atom. The third kappa shape index (κ3) is 3.48. The average Bonchev–Trinajstić information content (AvgIpc) is 2.42. The molecule has 0 aromatic heterocycles. The molecule has 0 bridgehead atoms. The maximum atomic E-state index is 13.8. The van der Waals surface area contributed by atoms with Gasteiger partial charge in [-0.05, 0) is 30.7 Å². The topological polar surface area (TPSA) is 72.6 Å². The molecule has 2 aromatic rings. The van der Waals surface area contributed by atoms with Crippen LogP contribution in [0.3, 0.4) is 0 Å². The molecule has 21 heavy (non-hydrogen) atoms. The van der Waals surface area contributed by atoms with Gasteiger partial charge < -0.3 is 9.84 Å². The van der Waals surface area contributed by atoms with E-state index in [2.05, 4.69) is 0 Å². The molecule has 0 saturated carbocycles. The minimum absolute atomic E-state index is 0.00297. The second kappa shape index (κ2) is 6.07. The van der Waals surface area contributed by atoms with E-state index in [1.54, 1.807) is 0 Å². The van der Waals surface area contributed by atoms with E-state index in [0.717, 1.165) is 12.1 Å². The summed E-state index contributed by atoms with van der Waals surface area (Å²) in [6.45, 7) is 1.52. The Balaban J connectivity index is 2.28. The van der Waals surface area contributed by atoms with Crippen LogP contribution in [0.4, 0.5) is 10.1 Å². The van der Waals surface area contributed by atoms with Crippen molar-refractivity contribution in [3.63, 3.8) is 0 Å². The lowest BCUT2D eigenvalue weighted by molar-refractivity contribution is -0.384. The second-order valence-corrected chi connectivity index (χ2v) is 4.75. The molecule has 110 valence electrons. The van der Waals surface area contributed by atoms with Gasteiger partial charge in [0, 0.05) is 12.1 Å². The number of non-ortho nitro benzene ring substituents is 1. The number of nitro benzene ring substituents is 1. The molecule has 0 heterocycles. The number of hydrogen-bond donors (Lipinski definition) is 1. The maximum absolute atomic E-state index is 13.8. The van der Waals surface area contributed by atoms with Gasteiger partial charge in [-0.3, -0.25) is 10.1 Å². The van der Waals surface area contributed by atoms with Crippen LogP contribution in [0.2, 0.25) is 5.02 Å². The number of ether oxygens (including phenoxy) is 1. The standard InChI is InChI=1S/C14H11ClFNO4/c1-8(18)9-2-4-14(12(16)6-9)21-13-5-3-10(17(19)20)7-11(13)15/h2-8,18H,1H3. The first-order valence-corrected chi connectivity index (χ1v) is 6.35. The van der Waals surface area contributed by atoms with Crippen molar-refractivity contribution >= 4 is 17.3 Å². The second-order valence-electron chi connectivity index (χ2n) is 4.34. The molecule has 0 aliphatic carbocycles. The van der Waals surface area contributed by atoms with Gasteiger partial charge in [0.25, 0.3) is 5.69 Å². The Kier molecular flexibility index (Phi) is 4.40. The highest BCUT2D eigenvalue weighted by Crippen LogP contribution is 2.34. The Labute approximate surface area is 124 Å². The van der Waals surface area contributed by atoms with Gasteiger partial charge in [-0.15, -0.1) is 0 Å². The lowest BCUT2D eigenvalue weighted by Crippen LogP contribution is -1.95. The molecular weight excluding hydrogens is 301 g/mol. The summed E-state index contributed by atoms with van der Waals surface area (Å²) in [6.07, 6.45) is -0.795. The van der Waals surface area contributed by atoms with E-state index < -0.39 is 16.8 Å². The lowest BCUT2D eigenvalue weighted by atomic mass is 10.1. The molecule has 5 nitrogen and oxygen atoms in total. The minimum Gasteiger partial charge on any atom is -0.453 e. The third-order valence-corrected chi connectivity index (χ3v) is 3.08. The largest absolute Gasteiger partial charge is 0.453 e. The zero-order valence-corrected chi connectivity index (χ0v) is 11.7. The number of nitro groups is 1. The summed E-state index contributed by atoms with van der Waals surface area (Å²) in [5.41, 5.74) is 0.229. The van der Waals surface area contributed by atoms with Gasteiger partial charge in [-0.25, -0.2) is 4.39 Å². The van der Waals surface area contributed by atoms with E-state index in [1.807, 2.05) is 0 Å². The van der Waals surface area contributed by atoms with Crippen LogP contribution in [0.1, 0.15) is 18.6 Å². The molecule has 1 N–H and O–H groups in total.